The molecule has 5 nitrogen and oxygen atoms in total. The predicted molar refractivity (Wildman–Crippen MR) is 576 cm³/mol. The monoisotopic (exact) mass is 1740 g/mol. The topological polar surface area (TPSA) is 45.4 Å². The van der Waals surface area contributed by atoms with Crippen molar-refractivity contribution >= 4 is 206 Å². The lowest BCUT2D eigenvalue weighted by molar-refractivity contribution is 0.661. The molecule has 3 aromatic heterocycles. The molecule has 632 valence electrons. The quantitative estimate of drug-likeness (QED) is 0.128. The van der Waals surface area contributed by atoms with Crippen LogP contribution in [0, 0.1) is 0 Å². The van der Waals surface area contributed by atoms with Gasteiger partial charge in [-0.05, 0) is 274 Å². The summed E-state index contributed by atoms with van der Waals surface area (Å²) in [6, 6.07) is 171. The van der Waals surface area contributed by atoms with Crippen molar-refractivity contribution in [2.45, 2.75) is 19.3 Å². The van der Waals surface area contributed by atoms with E-state index in [1.807, 2.05) is 29.5 Å². The maximum atomic E-state index is 6.20. The molecule has 0 atom stereocenters. The summed E-state index contributed by atoms with van der Waals surface area (Å²) in [5.41, 5.74) is 23.1. The van der Waals surface area contributed by atoms with Gasteiger partial charge in [-0.3, -0.25) is 0 Å². The zero-order valence-corrected chi connectivity index (χ0v) is 75.0. The van der Waals surface area contributed by atoms with Gasteiger partial charge in [-0.15, -0.1) is 11.3 Å². The van der Waals surface area contributed by atoms with Crippen molar-refractivity contribution in [3.05, 3.63) is 484 Å². The van der Waals surface area contributed by atoms with Crippen LogP contribution in [0.3, 0.4) is 0 Å². The van der Waals surface area contributed by atoms with E-state index in [0.717, 1.165) is 95.0 Å². The number of hydrogen-bond donors (Lipinski definition) is 0. The molecule has 0 amide bonds. The molecule has 0 aliphatic heterocycles. The Morgan fingerprint density at radius 2 is 0.644 bits per heavy atom. The van der Waals surface area contributed by atoms with Crippen LogP contribution < -0.4 is 9.80 Å². The second kappa shape index (κ2) is 32.1. The van der Waals surface area contributed by atoms with Crippen LogP contribution in [-0.4, -0.2) is 9.97 Å². The van der Waals surface area contributed by atoms with Gasteiger partial charge in [0.1, 0.15) is 11.2 Å². The third-order valence-electron chi connectivity index (χ3n) is 28.0. The van der Waals surface area contributed by atoms with Gasteiger partial charge in [0.2, 0.25) is 0 Å². The Balaban J connectivity index is 0.000000105. The normalized spacial score (nSPS) is 12.3. The molecule has 0 fully saturated rings. The maximum absolute atomic E-state index is 6.20. The van der Waals surface area contributed by atoms with Crippen LogP contribution in [0.4, 0.5) is 34.1 Å². The van der Waals surface area contributed by atoms with Crippen LogP contribution in [0.1, 0.15) is 25.0 Å². The van der Waals surface area contributed by atoms with Gasteiger partial charge in [-0.1, -0.05) is 366 Å². The summed E-state index contributed by atoms with van der Waals surface area (Å²) >= 11 is 1.88. The van der Waals surface area contributed by atoms with E-state index >= 15 is 0 Å². The number of anilines is 6. The molecule has 6 heteroatoms. The van der Waals surface area contributed by atoms with E-state index < -0.39 is 0 Å². The summed E-state index contributed by atoms with van der Waals surface area (Å²) < 4.78 is 8.89. The predicted octanol–water partition coefficient (Wildman–Crippen LogP) is 36.7. The van der Waals surface area contributed by atoms with Crippen molar-refractivity contribution in [1.29, 1.82) is 0 Å². The van der Waals surface area contributed by atoms with E-state index in [1.165, 1.54) is 167 Å². The Hall–Kier alpha value is -17.2. The molecule has 28 rings (SSSR count). The lowest BCUT2D eigenvalue weighted by atomic mass is 9.82. The minimum Gasteiger partial charge on any atom is -0.456 e. The lowest BCUT2D eigenvalue weighted by Gasteiger charge is -2.26. The standard InChI is InChI=1S/C45H33N.C42H24N2O.C42H27NS/c1-45(2)41-16-10-9-15-40(41)44-39-25-21-32-17-18-33-29-36(24-26-37(33)43(32)38(39)27-28-42(44)45)46(34-13-7-4-8-14-34)35-22-19-31(20-23-35)30-11-5-3-6-12-30;1-2-8-27-21-30(18-13-25(27)7-1)41-34-10-3-5-11-37(34)43-42(44-41)31-19-20-32-28(22-31)16-14-26-15-17-29-23-39-36(24-35(29)40(26)32)33-9-4-6-12-38(33)45-39;1-3-9-28(10-4-1)29-17-20-33(21-18-29)43(32-11-5-2-6-12-32)34-22-24-35-31(27-34)16-15-30-19-23-37-36(41(30)35)25-26-40-42(37)38-13-7-8-14-39(38)44-40/h3-29H,1-2H3;1-24H;1-27H. The molecule has 27 aromatic rings. The fourth-order valence-electron chi connectivity index (χ4n) is 21.5. The van der Waals surface area contributed by atoms with E-state index in [0.29, 0.717) is 0 Å². The van der Waals surface area contributed by atoms with Crippen molar-refractivity contribution in [1.82, 2.24) is 9.97 Å². The molecule has 24 aromatic carbocycles. The van der Waals surface area contributed by atoms with Gasteiger partial charge in [0.25, 0.3) is 0 Å². The molecule has 0 unspecified atom stereocenters. The number of thiophene rings is 1. The van der Waals surface area contributed by atoms with E-state index in [1.54, 1.807) is 0 Å². The van der Waals surface area contributed by atoms with E-state index in [4.69, 9.17) is 14.4 Å². The van der Waals surface area contributed by atoms with Crippen molar-refractivity contribution in [2.75, 3.05) is 9.80 Å². The highest BCUT2D eigenvalue weighted by molar-refractivity contribution is 7.26. The van der Waals surface area contributed by atoms with Gasteiger partial charge in [0.05, 0.1) is 11.2 Å². The molecular weight excluding hydrogens is 1650 g/mol. The Morgan fingerprint density at radius 3 is 1.29 bits per heavy atom. The first-order chi connectivity index (χ1) is 66.7. The number of rotatable bonds is 10. The molecule has 3 heterocycles. The zero-order chi connectivity index (χ0) is 89.4. The second-order valence-electron chi connectivity index (χ2n) is 36.1. The highest BCUT2D eigenvalue weighted by Gasteiger charge is 2.36. The van der Waals surface area contributed by atoms with Crippen LogP contribution in [0.5, 0.6) is 0 Å². The number of benzene rings is 24. The van der Waals surface area contributed by atoms with E-state index in [-0.39, 0.29) is 5.41 Å². The fraction of sp³-hybridized carbons (Fsp3) is 0.0233. The van der Waals surface area contributed by atoms with Gasteiger partial charge in [-0.2, -0.15) is 0 Å². The molecule has 0 spiro atoms. The molecular formula is C129H84N4OS. The largest absolute Gasteiger partial charge is 0.456 e. The average molecular weight is 1740 g/mol. The van der Waals surface area contributed by atoms with Crippen LogP contribution in [-0.2, 0) is 5.41 Å². The maximum Gasteiger partial charge on any atom is 0.160 e. The van der Waals surface area contributed by atoms with Crippen LogP contribution >= 0.6 is 11.3 Å². The van der Waals surface area contributed by atoms with Crippen LogP contribution in [0.15, 0.2) is 478 Å². The summed E-state index contributed by atoms with van der Waals surface area (Å²) in [4.78, 5) is 15.0. The minimum absolute atomic E-state index is 0.0110. The van der Waals surface area contributed by atoms with Crippen LogP contribution in [0.2, 0.25) is 0 Å². The molecule has 0 saturated carbocycles. The number of fused-ring (bicyclic) bond motifs is 28. The number of aromatic nitrogens is 2. The van der Waals surface area contributed by atoms with Gasteiger partial charge in [-0.25, -0.2) is 9.97 Å². The summed E-state index contributed by atoms with van der Waals surface area (Å²) in [7, 11) is 0. The van der Waals surface area contributed by atoms with Crippen molar-refractivity contribution in [2.24, 2.45) is 0 Å². The molecule has 1 aliphatic rings. The Bertz CT molecular complexity index is 9460. The van der Waals surface area contributed by atoms with Gasteiger partial charge >= 0.3 is 0 Å². The Morgan fingerprint density at radius 1 is 0.222 bits per heavy atom. The third kappa shape index (κ3) is 13.5. The summed E-state index contributed by atoms with van der Waals surface area (Å²) in [6.07, 6.45) is 0. The highest BCUT2D eigenvalue weighted by Crippen LogP contribution is 2.54. The van der Waals surface area contributed by atoms with Crippen molar-refractivity contribution in [3.63, 3.8) is 0 Å². The smallest absolute Gasteiger partial charge is 0.160 e. The minimum atomic E-state index is -0.0110. The molecule has 0 saturated heterocycles. The number of nitrogens with zero attached hydrogens (tertiary/aromatic N) is 4. The van der Waals surface area contributed by atoms with Crippen molar-refractivity contribution in [3.8, 4) is 56.0 Å². The lowest BCUT2D eigenvalue weighted by Crippen LogP contribution is -2.14. The number of hydrogen-bond acceptors (Lipinski definition) is 6. The molecule has 1 aliphatic carbocycles. The first-order valence-electron chi connectivity index (χ1n) is 46.4. The van der Waals surface area contributed by atoms with E-state index in [2.05, 4.69) is 479 Å². The highest BCUT2D eigenvalue weighted by atomic mass is 32.1. The van der Waals surface area contributed by atoms with E-state index in [9.17, 15) is 0 Å². The Labute approximate surface area is 784 Å². The zero-order valence-electron chi connectivity index (χ0n) is 74.1. The molecule has 0 N–H and O–H groups in total. The van der Waals surface area contributed by atoms with Gasteiger partial charge in [0, 0.05) is 87.0 Å². The van der Waals surface area contributed by atoms with Gasteiger partial charge < -0.3 is 14.2 Å². The summed E-state index contributed by atoms with van der Waals surface area (Å²) in [6.45, 7) is 4.71. The van der Waals surface area contributed by atoms with Crippen molar-refractivity contribution < 1.29 is 4.42 Å². The molecule has 0 radical (unpaired) electrons. The Kier molecular flexibility index (Phi) is 18.8. The third-order valence-corrected chi connectivity index (χ3v) is 29.2. The number of para-hydroxylation sites is 4. The summed E-state index contributed by atoms with van der Waals surface area (Å²) in [5.74, 6) is 0.725. The van der Waals surface area contributed by atoms with Gasteiger partial charge in [0.15, 0.2) is 5.82 Å². The fourth-order valence-corrected chi connectivity index (χ4v) is 22.7. The first kappa shape index (κ1) is 78.8. The first-order valence-corrected chi connectivity index (χ1v) is 47.2. The molecule has 0 bridgehead atoms. The van der Waals surface area contributed by atoms with Crippen LogP contribution in [0.25, 0.3) is 217 Å². The molecule has 135 heavy (non-hydrogen) atoms. The summed E-state index contributed by atoms with van der Waals surface area (Å²) in [5, 5.41) is 31.2. The average Bonchev–Trinajstić information content (AvgIpc) is 1.61. The second-order valence-corrected chi connectivity index (χ2v) is 37.2. The SMILES string of the molecule is CC1(C)c2ccccc2-c2c1ccc1c2ccc2ccc3cc(N(c4ccccc4)c4ccc(-c5ccccc5)cc4)ccc3c21.c1ccc(-c2ccc(N(c3ccccc3)c3ccc4c(ccc5ccc6c(ccc7sc8ccccc8c76)c54)c3)cc2)cc1.c1ccc2cc(-c3nc(-c4ccc5c(ccc6ccc7cc8oc9ccccc9c8cc7c65)c4)nc4ccccc34)ccc2c1. The number of furan rings is 1.